The Morgan fingerprint density at radius 1 is 1.00 bits per heavy atom. The Labute approximate surface area is 164 Å². The fraction of sp³-hybridized carbons (Fsp3) is 0.350. The van der Waals surface area contributed by atoms with Crippen LogP contribution in [-0.2, 0) is 4.79 Å². The van der Waals surface area contributed by atoms with E-state index < -0.39 is 0 Å². The summed E-state index contributed by atoms with van der Waals surface area (Å²) in [5, 5.41) is 2.83. The lowest BCUT2D eigenvalue weighted by molar-refractivity contribution is -0.129. The Bertz CT molecular complexity index is 863. The van der Waals surface area contributed by atoms with Crippen LogP contribution in [-0.4, -0.2) is 62.1 Å². The highest BCUT2D eigenvalue weighted by Crippen LogP contribution is 2.30. The number of benzene rings is 1. The fourth-order valence-electron chi connectivity index (χ4n) is 3.13. The monoisotopic (exact) mass is 384 g/mol. The highest BCUT2D eigenvalue weighted by atomic mass is 16.5. The van der Waals surface area contributed by atoms with Gasteiger partial charge in [-0.1, -0.05) is 0 Å². The minimum Gasteiger partial charge on any atom is -0.493 e. The van der Waals surface area contributed by atoms with E-state index in [1.165, 1.54) is 0 Å². The summed E-state index contributed by atoms with van der Waals surface area (Å²) in [7, 11) is 3.10. The molecule has 148 valence electrons. The highest BCUT2D eigenvalue weighted by molar-refractivity contribution is 6.03. The molecule has 0 spiro atoms. The number of anilines is 2. The predicted octanol–water partition coefficient (Wildman–Crippen LogP) is 2.02. The Balaban J connectivity index is 1.70. The molecule has 2 amide bonds. The van der Waals surface area contributed by atoms with Crippen LogP contribution in [0.15, 0.2) is 36.5 Å². The van der Waals surface area contributed by atoms with Crippen molar-refractivity contribution in [3.8, 4) is 11.5 Å². The lowest BCUT2D eigenvalue weighted by Gasteiger charge is -2.35. The van der Waals surface area contributed by atoms with Crippen molar-refractivity contribution in [2.24, 2.45) is 0 Å². The summed E-state index contributed by atoms with van der Waals surface area (Å²) < 4.78 is 10.5. The quantitative estimate of drug-likeness (QED) is 0.849. The first-order chi connectivity index (χ1) is 13.5. The van der Waals surface area contributed by atoms with Gasteiger partial charge in [0.1, 0.15) is 5.69 Å². The minimum absolute atomic E-state index is 0.0874. The molecule has 0 aliphatic carbocycles. The van der Waals surface area contributed by atoms with E-state index in [1.54, 1.807) is 51.6 Å². The van der Waals surface area contributed by atoms with E-state index in [1.807, 2.05) is 11.0 Å². The van der Waals surface area contributed by atoms with Crippen LogP contribution in [0.25, 0.3) is 0 Å². The molecule has 0 atom stereocenters. The first-order valence-corrected chi connectivity index (χ1v) is 9.01. The number of aromatic nitrogens is 1. The third-order valence-electron chi connectivity index (χ3n) is 4.71. The van der Waals surface area contributed by atoms with E-state index in [0.717, 1.165) is 18.8 Å². The molecule has 1 saturated heterocycles. The maximum absolute atomic E-state index is 12.6. The minimum atomic E-state index is -0.309. The molecule has 3 rings (SSSR count). The maximum Gasteiger partial charge on any atom is 0.274 e. The molecule has 0 unspecified atom stereocenters. The number of hydrogen-bond donors (Lipinski definition) is 1. The van der Waals surface area contributed by atoms with Gasteiger partial charge in [-0.05, 0) is 24.3 Å². The largest absolute Gasteiger partial charge is 0.493 e. The topological polar surface area (TPSA) is 84.0 Å². The Morgan fingerprint density at radius 3 is 2.36 bits per heavy atom. The molecule has 1 N–H and O–H groups in total. The van der Waals surface area contributed by atoms with E-state index in [0.29, 0.717) is 36.0 Å². The summed E-state index contributed by atoms with van der Waals surface area (Å²) in [6.45, 7) is 4.37. The summed E-state index contributed by atoms with van der Waals surface area (Å²) in [6.07, 6.45) is 1.62. The number of nitrogens with zero attached hydrogens (tertiary/aromatic N) is 3. The Hall–Kier alpha value is -3.29. The van der Waals surface area contributed by atoms with E-state index >= 15 is 0 Å². The normalized spacial score (nSPS) is 13.8. The summed E-state index contributed by atoms with van der Waals surface area (Å²) >= 11 is 0. The fourth-order valence-corrected chi connectivity index (χ4v) is 3.13. The molecule has 28 heavy (non-hydrogen) atoms. The van der Waals surface area contributed by atoms with Gasteiger partial charge in [0.25, 0.3) is 5.91 Å². The lowest BCUT2D eigenvalue weighted by atomic mass is 10.2. The molecule has 1 aromatic heterocycles. The van der Waals surface area contributed by atoms with Crippen LogP contribution < -0.4 is 19.7 Å². The van der Waals surface area contributed by atoms with Crippen molar-refractivity contribution in [1.29, 1.82) is 0 Å². The summed E-state index contributed by atoms with van der Waals surface area (Å²) in [5.74, 6) is 0.900. The second kappa shape index (κ2) is 8.60. The van der Waals surface area contributed by atoms with Crippen molar-refractivity contribution in [3.05, 3.63) is 42.2 Å². The molecule has 2 aromatic rings. The van der Waals surface area contributed by atoms with Gasteiger partial charge in [-0.25, -0.2) is 0 Å². The predicted molar refractivity (Wildman–Crippen MR) is 106 cm³/mol. The lowest BCUT2D eigenvalue weighted by Crippen LogP contribution is -2.48. The highest BCUT2D eigenvalue weighted by Gasteiger charge is 2.20. The van der Waals surface area contributed by atoms with E-state index in [-0.39, 0.29) is 11.8 Å². The van der Waals surface area contributed by atoms with Gasteiger partial charge < -0.3 is 24.6 Å². The molecule has 1 aromatic carbocycles. The number of methoxy groups -OCH3 is 2. The van der Waals surface area contributed by atoms with Crippen molar-refractivity contribution in [2.75, 3.05) is 50.6 Å². The van der Waals surface area contributed by atoms with Crippen LogP contribution in [0.1, 0.15) is 17.4 Å². The Morgan fingerprint density at radius 2 is 1.71 bits per heavy atom. The zero-order valence-corrected chi connectivity index (χ0v) is 16.3. The van der Waals surface area contributed by atoms with Gasteiger partial charge in [0.2, 0.25) is 5.91 Å². The Kier molecular flexibility index (Phi) is 5.98. The summed E-state index contributed by atoms with van der Waals surface area (Å²) in [6, 6.07) is 8.80. The zero-order valence-electron chi connectivity index (χ0n) is 16.3. The molecular weight excluding hydrogens is 360 g/mol. The van der Waals surface area contributed by atoms with Crippen LogP contribution >= 0.6 is 0 Å². The maximum atomic E-state index is 12.6. The van der Waals surface area contributed by atoms with Crippen LogP contribution in [0.3, 0.4) is 0 Å². The first kappa shape index (κ1) is 19.5. The second-order valence-electron chi connectivity index (χ2n) is 6.42. The van der Waals surface area contributed by atoms with Crippen LogP contribution in [0, 0.1) is 0 Å². The number of ether oxygens (including phenoxy) is 2. The molecule has 0 saturated carbocycles. The van der Waals surface area contributed by atoms with Gasteiger partial charge >= 0.3 is 0 Å². The number of hydrogen-bond acceptors (Lipinski definition) is 6. The number of rotatable bonds is 5. The average Bonchev–Trinajstić information content (AvgIpc) is 2.73. The number of amides is 2. The van der Waals surface area contributed by atoms with Crippen molar-refractivity contribution in [3.63, 3.8) is 0 Å². The van der Waals surface area contributed by atoms with Crippen LogP contribution in [0.5, 0.6) is 11.5 Å². The molecule has 1 aliphatic rings. The van der Waals surface area contributed by atoms with E-state index in [2.05, 4.69) is 15.2 Å². The van der Waals surface area contributed by atoms with Crippen molar-refractivity contribution in [2.45, 2.75) is 6.92 Å². The standard InChI is InChI=1S/C20H24N4O4/c1-14(25)23-8-10-24(11-9-23)16-6-7-21-17(13-16)20(26)22-15-4-5-18(27-2)19(12-15)28-3/h4-7,12-13H,8-11H2,1-3H3,(H,22,26). The number of nitrogens with one attached hydrogen (secondary N) is 1. The average molecular weight is 384 g/mol. The number of piperazine rings is 1. The van der Waals surface area contributed by atoms with E-state index in [9.17, 15) is 9.59 Å². The summed E-state index contributed by atoms with van der Waals surface area (Å²) in [5.41, 5.74) is 1.82. The molecule has 8 heteroatoms. The van der Waals surface area contributed by atoms with Crippen molar-refractivity contribution < 1.29 is 19.1 Å². The van der Waals surface area contributed by atoms with Crippen LogP contribution in [0.4, 0.5) is 11.4 Å². The van der Waals surface area contributed by atoms with Gasteiger partial charge in [0, 0.05) is 56.7 Å². The third kappa shape index (κ3) is 4.33. The van der Waals surface area contributed by atoms with Crippen molar-refractivity contribution in [1.82, 2.24) is 9.88 Å². The van der Waals surface area contributed by atoms with Gasteiger partial charge in [-0.15, -0.1) is 0 Å². The molecule has 1 fully saturated rings. The van der Waals surface area contributed by atoms with Crippen LogP contribution in [0.2, 0.25) is 0 Å². The van der Waals surface area contributed by atoms with Crippen molar-refractivity contribution >= 4 is 23.2 Å². The summed E-state index contributed by atoms with van der Waals surface area (Å²) in [4.78, 5) is 32.3. The molecule has 0 radical (unpaired) electrons. The first-order valence-electron chi connectivity index (χ1n) is 9.01. The number of pyridine rings is 1. The third-order valence-corrected chi connectivity index (χ3v) is 4.71. The number of carbonyl (C=O) groups is 2. The molecular formula is C20H24N4O4. The van der Waals surface area contributed by atoms with Gasteiger partial charge in [-0.2, -0.15) is 0 Å². The second-order valence-corrected chi connectivity index (χ2v) is 6.42. The number of carbonyl (C=O) groups excluding carboxylic acids is 2. The molecule has 1 aliphatic heterocycles. The zero-order chi connectivity index (χ0) is 20.1. The smallest absolute Gasteiger partial charge is 0.274 e. The molecule has 2 heterocycles. The molecule has 0 bridgehead atoms. The van der Waals surface area contributed by atoms with Gasteiger partial charge in [-0.3, -0.25) is 14.6 Å². The molecule has 8 nitrogen and oxygen atoms in total. The van der Waals surface area contributed by atoms with Gasteiger partial charge in [0.05, 0.1) is 14.2 Å². The SMILES string of the molecule is COc1ccc(NC(=O)c2cc(N3CCN(C(C)=O)CC3)ccn2)cc1OC. The van der Waals surface area contributed by atoms with Gasteiger partial charge in [0.15, 0.2) is 11.5 Å². The van der Waals surface area contributed by atoms with E-state index in [4.69, 9.17) is 9.47 Å².